The summed E-state index contributed by atoms with van der Waals surface area (Å²) in [4.78, 5) is 12.3. The zero-order valence-electron chi connectivity index (χ0n) is 10.3. The molecule has 2 aliphatic rings. The predicted octanol–water partition coefficient (Wildman–Crippen LogP) is 1.49. The monoisotopic (exact) mass is 246 g/mol. The van der Waals surface area contributed by atoms with Crippen molar-refractivity contribution in [2.75, 3.05) is 25.1 Å². The van der Waals surface area contributed by atoms with Crippen molar-refractivity contribution in [3.05, 3.63) is 29.8 Å². The van der Waals surface area contributed by atoms with Gasteiger partial charge < -0.3 is 15.4 Å². The molecule has 96 valence electrons. The Labute approximate surface area is 107 Å². The molecule has 0 radical (unpaired) electrons. The molecule has 1 aromatic rings. The van der Waals surface area contributed by atoms with Crippen LogP contribution in [0.15, 0.2) is 24.3 Å². The van der Waals surface area contributed by atoms with E-state index >= 15 is 0 Å². The molecule has 1 amide bonds. The van der Waals surface area contributed by atoms with Crippen molar-refractivity contribution in [1.29, 1.82) is 0 Å². The van der Waals surface area contributed by atoms with Crippen LogP contribution >= 0.6 is 0 Å². The van der Waals surface area contributed by atoms with E-state index in [1.54, 1.807) is 0 Å². The molecule has 0 aromatic heterocycles. The van der Waals surface area contributed by atoms with Gasteiger partial charge in [-0.1, -0.05) is 18.2 Å². The standard InChI is InChI=1S/C14H18N2O2/c17-14(16-10-4-3-7-18-9-10)12-8-15-13-6-2-1-5-11(12)13/h1-2,5-6,10,12,15H,3-4,7-9H2,(H,16,17). The Morgan fingerprint density at radius 2 is 2.28 bits per heavy atom. The lowest BCUT2D eigenvalue weighted by molar-refractivity contribution is -0.123. The van der Waals surface area contributed by atoms with E-state index in [9.17, 15) is 4.79 Å². The molecule has 0 aliphatic carbocycles. The molecular weight excluding hydrogens is 228 g/mol. The molecule has 2 atom stereocenters. The first-order chi connectivity index (χ1) is 8.84. The highest BCUT2D eigenvalue weighted by atomic mass is 16.5. The third kappa shape index (κ3) is 2.20. The van der Waals surface area contributed by atoms with Crippen LogP contribution in [0.5, 0.6) is 0 Å². The number of benzene rings is 1. The summed E-state index contributed by atoms with van der Waals surface area (Å²) in [5.74, 6) is 0.0473. The van der Waals surface area contributed by atoms with Crippen molar-refractivity contribution in [3.63, 3.8) is 0 Å². The lowest BCUT2D eigenvalue weighted by atomic mass is 9.99. The molecule has 3 rings (SSSR count). The second-order valence-electron chi connectivity index (χ2n) is 4.94. The number of fused-ring (bicyclic) bond motifs is 1. The summed E-state index contributed by atoms with van der Waals surface area (Å²) >= 11 is 0. The van der Waals surface area contributed by atoms with Crippen molar-refractivity contribution in [2.45, 2.75) is 24.8 Å². The average Bonchev–Trinajstić information content (AvgIpc) is 2.84. The van der Waals surface area contributed by atoms with Crippen LogP contribution in [0.3, 0.4) is 0 Å². The maximum absolute atomic E-state index is 12.3. The van der Waals surface area contributed by atoms with Crippen LogP contribution in [0.1, 0.15) is 24.3 Å². The first-order valence-electron chi connectivity index (χ1n) is 6.55. The second kappa shape index (κ2) is 4.98. The van der Waals surface area contributed by atoms with Crippen LogP contribution in [0.4, 0.5) is 5.69 Å². The minimum Gasteiger partial charge on any atom is -0.384 e. The smallest absolute Gasteiger partial charge is 0.229 e. The van der Waals surface area contributed by atoms with Gasteiger partial charge in [0.25, 0.3) is 0 Å². The van der Waals surface area contributed by atoms with Crippen LogP contribution < -0.4 is 10.6 Å². The van der Waals surface area contributed by atoms with Crippen LogP contribution in [-0.4, -0.2) is 31.7 Å². The third-order valence-corrected chi connectivity index (χ3v) is 3.66. The van der Waals surface area contributed by atoms with Crippen LogP contribution in [-0.2, 0) is 9.53 Å². The van der Waals surface area contributed by atoms with Gasteiger partial charge >= 0.3 is 0 Å². The number of rotatable bonds is 2. The van der Waals surface area contributed by atoms with Crippen LogP contribution in [0.2, 0.25) is 0 Å². The Morgan fingerprint density at radius 1 is 1.39 bits per heavy atom. The van der Waals surface area contributed by atoms with E-state index in [4.69, 9.17) is 4.74 Å². The van der Waals surface area contributed by atoms with E-state index in [-0.39, 0.29) is 17.9 Å². The molecule has 2 N–H and O–H groups in total. The van der Waals surface area contributed by atoms with Gasteiger partial charge in [0.05, 0.1) is 18.6 Å². The number of para-hydroxylation sites is 1. The first-order valence-corrected chi connectivity index (χ1v) is 6.55. The highest BCUT2D eigenvalue weighted by Crippen LogP contribution is 2.31. The largest absolute Gasteiger partial charge is 0.384 e. The molecule has 18 heavy (non-hydrogen) atoms. The van der Waals surface area contributed by atoms with E-state index in [1.807, 2.05) is 24.3 Å². The Morgan fingerprint density at radius 3 is 3.11 bits per heavy atom. The summed E-state index contributed by atoms with van der Waals surface area (Å²) in [7, 11) is 0. The van der Waals surface area contributed by atoms with Crippen molar-refractivity contribution < 1.29 is 9.53 Å². The molecule has 4 nitrogen and oxygen atoms in total. The highest BCUT2D eigenvalue weighted by molar-refractivity contribution is 5.88. The van der Waals surface area contributed by atoms with Crippen LogP contribution in [0, 0.1) is 0 Å². The van der Waals surface area contributed by atoms with Gasteiger partial charge in [-0.2, -0.15) is 0 Å². The van der Waals surface area contributed by atoms with Gasteiger partial charge in [-0.25, -0.2) is 0 Å². The fraction of sp³-hybridized carbons (Fsp3) is 0.500. The van der Waals surface area contributed by atoms with Gasteiger partial charge in [0.15, 0.2) is 0 Å². The lowest BCUT2D eigenvalue weighted by Crippen LogP contribution is -2.43. The lowest BCUT2D eigenvalue weighted by Gasteiger charge is -2.24. The zero-order chi connectivity index (χ0) is 12.4. The van der Waals surface area contributed by atoms with Crippen molar-refractivity contribution in [3.8, 4) is 0 Å². The molecule has 0 saturated carbocycles. The molecule has 2 heterocycles. The zero-order valence-corrected chi connectivity index (χ0v) is 10.3. The highest BCUT2D eigenvalue weighted by Gasteiger charge is 2.29. The number of carbonyl (C=O) groups excluding carboxylic acids is 1. The Kier molecular flexibility index (Phi) is 3.19. The molecule has 1 aromatic carbocycles. The molecule has 2 unspecified atom stereocenters. The second-order valence-corrected chi connectivity index (χ2v) is 4.94. The van der Waals surface area contributed by atoms with E-state index < -0.39 is 0 Å². The molecule has 0 spiro atoms. The molecule has 4 heteroatoms. The number of ether oxygens (including phenoxy) is 1. The van der Waals surface area contributed by atoms with Crippen LogP contribution in [0.25, 0.3) is 0 Å². The van der Waals surface area contributed by atoms with Gasteiger partial charge in [0.1, 0.15) is 0 Å². The van der Waals surface area contributed by atoms with Gasteiger partial charge in [-0.3, -0.25) is 4.79 Å². The van der Waals surface area contributed by atoms with Crippen molar-refractivity contribution in [2.24, 2.45) is 0 Å². The van der Waals surface area contributed by atoms with Gasteiger partial charge in [0.2, 0.25) is 5.91 Å². The molecule has 0 bridgehead atoms. The Balaban J connectivity index is 1.67. The van der Waals surface area contributed by atoms with E-state index in [1.165, 1.54) is 0 Å². The summed E-state index contributed by atoms with van der Waals surface area (Å²) in [6.07, 6.45) is 2.05. The Hall–Kier alpha value is -1.55. The number of carbonyl (C=O) groups is 1. The molecular formula is C14H18N2O2. The topological polar surface area (TPSA) is 50.4 Å². The molecule has 2 aliphatic heterocycles. The normalized spacial score (nSPS) is 26.2. The molecule has 1 fully saturated rings. The maximum atomic E-state index is 12.3. The van der Waals surface area contributed by atoms with Gasteiger partial charge in [-0.05, 0) is 24.5 Å². The van der Waals surface area contributed by atoms with Crippen molar-refractivity contribution in [1.82, 2.24) is 5.32 Å². The van der Waals surface area contributed by atoms with Crippen molar-refractivity contribution >= 4 is 11.6 Å². The number of hydrogen-bond acceptors (Lipinski definition) is 3. The third-order valence-electron chi connectivity index (χ3n) is 3.66. The number of anilines is 1. The summed E-state index contributed by atoms with van der Waals surface area (Å²) in [5.41, 5.74) is 2.18. The number of nitrogens with one attached hydrogen (secondary N) is 2. The number of hydrogen-bond donors (Lipinski definition) is 2. The van der Waals surface area contributed by atoms with E-state index in [0.29, 0.717) is 13.2 Å². The average molecular weight is 246 g/mol. The fourth-order valence-electron chi connectivity index (χ4n) is 2.67. The summed E-state index contributed by atoms with van der Waals surface area (Å²) < 4.78 is 5.38. The van der Waals surface area contributed by atoms with E-state index in [0.717, 1.165) is 30.7 Å². The van der Waals surface area contributed by atoms with Gasteiger partial charge in [-0.15, -0.1) is 0 Å². The summed E-state index contributed by atoms with van der Waals surface area (Å²) in [5, 5.41) is 6.37. The maximum Gasteiger partial charge on any atom is 0.229 e. The summed E-state index contributed by atoms with van der Waals surface area (Å²) in [6, 6.07) is 8.19. The minimum atomic E-state index is -0.0665. The Bertz CT molecular complexity index is 441. The van der Waals surface area contributed by atoms with E-state index in [2.05, 4.69) is 10.6 Å². The fourth-order valence-corrected chi connectivity index (χ4v) is 2.67. The summed E-state index contributed by atoms with van der Waals surface area (Å²) in [6.45, 7) is 2.16. The minimum absolute atomic E-state index is 0.0665. The first kappa shape index (κ1) is 11.5. The SMILES string of the molecule is O=C(NC1CCCOC1)C1CNc2ccccc21. The number of amides is 1. The molecule has 1 saturated heterocycles. The van der Waals surface area contributed by atoms with Gasteiger partial charge in [0, 0.05) is 18.8 Å². The quantitative estimate of drug-likeness (QED) is 0.831. The predicted molar refractivity (Wildman–Crippen MR) is 69.7 cm³/mol.